The van der Waals surface area contributed by atoms with Gasteiger partial charge in [0.2, 0.25) is 0 Å². The first-order valence-corrected chi connectivity index (χ1v) is 9.18. The molecule has 6 heteroatoms. The van der Waals surface area contributed by atoms with E-state index in [0.29, 0.717) is 25.7 Å². The second-order valence-electron chi connectivity index (χ2n) is 8.93. The molecule has 1 heterocycles. The highest BCUT2D eigenvalue weighted by atomic mass is 16.6. The van der Waals surface area contributed by atoms with Gasteiger partial charge in [0.15, 0.2) is 0 Å². The number of piperidine rings is 1. The highest BCUT2D eigenvalue weighted by molar-refractivity contribution is 5.75. The lowest BCUT2D eigenvalue weighted by Crippen LogP contribution is -2.60. The molecule has 1 fully saturated rings. The van der Waals surface area contributed by atoms with Crippen LogP contribution < -0.4 is 0 Å². The van der Waals surface area contributed by atoms with Gasteiger partial charge in [-0.2, -0.15) is 5.06 Å². The Morgan fingerprint density at radius 1 is 1.16 bits per heavy atom. The number of carbonyl (C=O) groups excluding carboxylic acids is 2. The summed E-state index contributed by atoms with van der Waals surface area (Å²) in [5, 5.41) is 11.6. The van der Waals surface area contributed by atoms with Crippen molar-refractivity contribution in [3.05, 3.63) is 0 Å². The van der Waals surface area contributed by atoms with E-state index in [4.69, 9.17) is 9.47 Å². The summed E-state index contributed by atoms with van der Waals surface area (Å²) >= 11 is 0. The first-order valence-electron chi connectivity index (χ1n) is 9.18. The molecule has 0 unspecified atom stereocenters. The number of carbonyl (C=O) groups is 2. The van der Waals surface area contributed by atoms with Crippen LogP contribution in [-0.4, -0.2) is 46.0 Å². The minimum atomic E-state index is -0.490. The molecule has 146 valence electrons. The van der Waals surface area contributed by atoms with Gasteiger partial charge < -0.3 is 14.7 Å². The summed E-state index contributed by atoms with van der Waals surface area (Å²) in [5.41, 5.74) is -1.39. The molecule has 0 bridgehead atoms. The fourth-order valence-electron chi connectivity index (χ4n) is 3.23. The molecule has 0 saturated carbocycles. The summed E-state index contributed by atoms with van der Waals surface area (Å²) in [6, 6.07) is 0. The maximum absolute atomic E-state index is 12.1. The molecular weight excluding hydrogens is 322 g/mol. The quantitative estimate of drug-likeness (QED) is 0.553. The van der Waals surface area contributed by atoms with E-state index < -0.39 is 16.5 Å². The number of esters is 2. The summed E-state index contributed by atoms with van der Waals surface area (Å²) < 4.78 is 10.8. The van der Waals surface area contributed by atoms with Gasteiger partial charge in [-0.25, -0.2) is 0 Å². The average molecular weight is 357 g/mol. The van der Waals surface area contributed by atoms with E-state index in [1.807, 2.05) is 48.5 Å². The van der Waals surface area contributed by atoms with E-state index in [9.17, 15) is 14.8 Å². The first kappa shape index (κ1) is 21.9. The number of hydrogen-bond donors (Lipinski definition) is 1. The van der Waals surface area contributed by atoms with Crippen LogP contribution in [0, 0.1) is 5.41 Å². The Morgan fingerprint density at radius 2 is 1.68 bits per heavy atom. The number of hydroxylamine groups is 2. The predicted molar refractivity (Wildman–Crippen MR) is 95.2 cm³/mol. The third-order valence-corrected chi connectivity index (χ3v) is 5.09. The Bertz CT molecular complexity index is 466. The van der Waals surface area contributed by atoms with Gasteiger partial charge in [-0.3, -0.25) is 9.59 Å². The Kier molecular flexibility index (Phi) is 7.04. The van der Waals surface area contributed by atoms with Crippen molar-refractivity contribution in [1.29, 1.82) is 0 Å². The second-order valence-corrected chi connectivity index (χ2v) is 8.93. The van der Waals surface area contributed by atoms with Crippen LogP contribution in [0.25, 0.3) is 0 Å². The molecule has 0 aromatic heterocycles. The predicted octanol–water partition coefficient (Wildman–Crippen LogP) is 3.70. The van der Waals surface area contributed by atoms with Gasteiger partial charge in [-0.15, -0.1) is 0 Å². The highest BCUT2D eigenvalue weighted by Gasteiger charge is 2.46. The normalized spacial score (nSPS) is 21.0. The molecule has 0 atom stereocenters. The first-order chi connectivity index (χ1) is 11.3. The van der Waals surface area contributed by atoms with Crippen LogP contribution in [0.2, 0.25) is 0 Å². The molecule has 1 N–H and O–H groups in total. The third kappa shape index (κ3) is 5.96. The topological polar surface area (TPSA) is 76.1 Å². The number of rotatable bonds is 7. The maximum Gasteiger partial charge on any atom is 0.311 e. The van der Waals surface area contributed by atoms with Gasteiger partial charge >= 0.3 is 11.9 Å². The molecule has 1 saturated heterocycles. The smallest absolute Gasteiger partial charge is 0.311 e. The average Bonchev–Trinajstić information content (AvgIpc) is 2.48. The molecule has 1 rings (SSSR count). The van der Waals surface area contributed by atoms with Crippen LogP contribution in [0.3, 0.4) is 0 Å². The van der Waals surface area contributed by atoms with Crippen molar-refractivity contribution in [3.63, 3.8) is 0 Å². The van der Waals surface area contributed by atoms with Crippen LogP contribution in [0.5, 0.6) is 0 Å². The zero-order chi connectivity index (χ0) is 19.5. The zero-order valence-electron chi connectivity index (χ0n) is 16.8. The minimum Gasteiger partial charge on any atom is -0.465 e. The third-order valence-electron chi connectivity index (χ3n) is 5.09. The van der Waals surface area contributed by atoms with E-state index in [-0.39, 0.29) is 31.1 Å². The molecule has 1 aliphatic heterocycles. The lowest BCUT2D eigenvalue weighted by Gasteiger charge is -2.50. The highest BCUT2D eigenvalue weighted by Crippen LogP contribution is 2.38. The fraction of sp³-hybridized carbons (Fsp3) is 0.895. The summed E-state index contributed by atoms with van der Waals surface area (Å²) in [7, 11) is 0. The monoisotopic (exact) mass is 357 g/mol. The van der Waals surface area contributed by atoms with Crippen LogP contribution in [0.15, 0.2) is 0 Å². The van der Waals surface area contributed by atoms with Crippen molar-refractivity contribution in [2.45, 2.75) is 97.8 Å². The van der Waals surface area contributed by atoms with Crippen LogP contribution >= 0.6 is 0 Å². The largest absolute Gasteiger partial charge is 0.465 e. The lowest BCUT2D eigenvalue weighted by atomic mass is 9.80. The van der Waals surface area contributed by atoms with Crippen molar-refractivity contribution >= 4 is 11.9 Å². The Balaban J connectivity index is 2.39. The summed E-state index contributed by atoms with van der Waals surface area (Å²) in [6.45, 7) is 13.6. The number of ether oxygens (including phenoxy) is 2. The van der Waals surface area contributed by atoms with E-state index in [2.05, 4.69) is 0 Å². The van der Waals surface area contributed by atoms with Gasteiger partial charge in [-0.1, -0.05) is 6.92 Å². The van der Waals surface area contributed by atoms with Gasteiger partial charge in [0.25, 0.3) is 0 Å². The van der Waals surface area contributed by atoms with Crippen LogP contribution in [0.1, 0.15) is 80.6 Å². The van der Waals surface area contributed by atoms with Gasteiger partial charge in [0.1, 0.15) is 6.10 Å². The second kappa shape index (κ2) is 8.04. The van der Waals surface area contributed by atoms with Crippen molar-refractivity contribution in [1.82, 2.24) is 5.06 Å². The molecule has 0 amide bonds. The molecule has 0 aliphatic carbocycles. The fourth-order valence-corrected chi connectivity index (χ4v) is 3.23. The molecule has 0 radical (unpaired) electrons. The van der Waals surface area contributed by atoms with E-state index >= 15 is 0 Å². The molecule has 0 aromatic carbocycles. The lowest BCUT2D eigenvalue weighted by molar-refractivity contribution is -0.259. The summed E-state index contributed by atoms with van der Waals surface area (Å²) in [4.78, 5) is 23.9. The molecule has 6 nitrogen and oxygen atoms in total. The minimum absolute atomic E-state index is 0.220. The van der Waals surface area contributed by atoms with Gasteiger partial charge in [-0.05, 0) is 54.4 Å². The van der Waals surface area contributed by atoms with Crippen molar-refractivity contribution in [3.8, 4) is 0 Å². The van der Waals surface area contributed by atoms with Gasteiger partial charge in [0.05, 0.1) is 12.0 Å². The standard InChI is InChI=1S/C19H35NO5/c1-8-17(2,3)16(22)24-11-9-10-15(21)25-14-12-18(4,5)20(23)19(6,7)13-14/h14,23H,8-13H2,1-7H3. The molecular formula is C19H35NO5. The molecule has 25 heavy (non-hydrogen) atoms. The van der Waals surface area contributed by atoms with Crippen molar-refractivity contribution < 1.29 is 24.3 Å². The van der Waals surface area contributed by atoms with Crippen LogP contribution in [0.4, 0.5) is 0 Å². The van der Waals surface area contributed by atoms with Crippen molar-refractivity contribution in [2.75, 3.05) is 6.61 Å². The zero-order valence-corrected chi connectivity index (χ0v) is 16.8. The van der Waals surface area contributed by atoms with E-state index in [0.717, 1.165) is 0 Å². The van der Waals surface area contributed by atoms with Gasteiger partial charge in [0, 0.05) is 30.3 Å². The Morgan fingerprint density at radius 3 is 2.16 bits per heavy atom. The van der Waals surface area contributed by atoms with Crippen LogP contribution in [-0.2, 0) is 19.1 Å². The summed E-state index contributed by atoms with van der Waals surface area (Å²) in [5.74, 6) is -0.518. The Labute approximate surface area is 151 Å². The number of hydrogen-bond acceptors (Lipinski definition) is 6. The Hall–Kier alpha value is -1.14. The maximum atomic E-state index is 12.1. The molecule has 1 aliphatic rings. The molecule has 0 spiro atoms. The van der Waals surface area contributed by atoms with Crippen molar-refractivity contribution in [2.24, 2.45) is 5.41 Å². The van der Waals surface area contributed by atoms with E-state index in [1.54, 1.807) is 0 Å². The number of nitrogens with zero attached hydrogens (tertiary/aromatic N) is 1. The SMILES string of the molecule is CCC(C)(C)C(=O)OCCCC(=O)OC1CC(C)(C)N(O)C(C)(C)C1. The molecule has 0 aromatic rings. The summed E-state index contributed by atoms with van der Waals surface area (Å²) in [6.07, 6.45) is 2.33. The van der Waals surface area contributed by atoms with E-state index in [1.165, 1.54) is 5.06 Å².